The predicted octanol–water partition coefficient (Wildman–Crippen LogP) is 1.84. The Morgan fingerprint density at radius 3 is 2.70 bits per heavy atom. The van der Waals surface area contributed by atoms with Crippen LogP contribution in [0.15, 0.2) is 41.4 Å². The van der Waals surface area contributed by atoms with Gasteiger partial charge in [0.2, 0.25) is 10.0 Å². The molecule has 27 heavy (non-hydrogen) atoms. The van der Waals surface area contributed by atoms with Gasteiger partial charge in [-0.2, -0.15) is 0 Å². The lowest BCUT2D eigenvalue weighted by Crippen LogP contribution is -2.55. The Kier molecular flexibility index (Phi) is 4.88. The number of hydrogen-bond donors (Lipinski definition) is 2. The molecule has 0 amide bonds. The molecule has 0 atom stereocenters. The summed E-state index contributed by atoms with van der Waals surface area (Å²) in [6, 6.07) is 8.98. The number of nitrogens with zero attached hydrogens (tertiary/aromatic N) is 2. The third-order valence-corrected chi connectivity index (χ3v) is 6.84. The molecule has 2 aliphatic carbocycles. The second kappa shape index (κ2) is 7.18. The van der Waals surface area contributed by atoms with Crippen molar-refractivity contribution in [3.63, 3.8) is 0 Å². The number of nitrogens with one attached hydrogen (secondary N) is 1. The lowest BCUT2D eigenvalue weighted by atomic mass is 9.86. The highest BCUT2D eigenvalue weighted by atomic mass is 32.2. The van der Waals surface area contributed by atoms with E-state index in [1.807, 2.05) is 29.2 Å². The molecule has 0 unspecified atom stereocenters. The Morgan fingerprint density at radius 1 is 1.26 bits per heavy atom. The Hall–Kier alpha value is -2.03. The highest BCUT2D eigenvalue weighted by molar-refractivity contribution is 7.89. The van der Waals surface area contributed by atoms with Crippen LogP contribution in [-0.2, 0) is 14.8 Å². The highest BCUT2D eigenvalue weighted by Crippen LogP contribution is 2.34. The van der Waals surface area contributed by atoms with Gasteiger partial charge in [-0.3, -0.25) is 14.7 Å². The van der Waals surface area contributed by atoms with Crippen LogP contribution in [0.4, 0.5) is 0 Å². The van der Waals surface area contributed by atoms with E-state index < -0.39 is 16.0 Å². The minimum atomic E-state index is -3.64. The van der Waals surface area contributed by atoms with Crippen LogP contribution in [0.5, 0.6) is 0 Å². The first-order valence-corrected chi connectivity index (χ1v) is 10.7. The molecule has 0 aliphatic heterocycles. The molecular formula is C19H23N3O4S. The predicted molar refractivity (Wildman–Crippen MR) is 101 cm³/mol. The van der Waals surface area contributed by atoms with Crippen molar-refractivity contribution in [3.05, 3.63) is 36.5 Å². The zero-order valence-corrected chi connectivity index (χ0v) is 15.7. The quantitative estimate of drug-likeness (QED) is 0.715. The van der Waals surface area contributed by atoms with E-state index in [4.69, 9.17) is 5.11 Å². The molecule has 0 spiro atoms. The van der Waals surface area contributed by atoms with Gasteiger partial charge in [-0.1, -0.05) is 18.2 Å². The first kappa shape index (κ1) is 18.3. The minimum Gasteiger partial charge on any atom is -0.480 e. The summed E-state index contributed by atoms with van der Waals surface area (Å²) >= 11 is 0. The summed E-state index contributed by atoms with van der Waals surface area (Å²) in [6.45, 7) is 0.820. The number of carboxylic acid groups (broad SMARTS) is 1. The Balaban J connectivity index is 1.39. The number of carbonyl (C=O) groups is 1. The van der Waals surface area contributed by atoms with E-state index in [1.165, 1.54) is 6.20 Å². The van der Waals surface area contributed by atoms with Crippen LogP contribution in [0, 0.1) is 5.92 Å². The summed E-state index contributed by atoms with van der Waals surface area (Å²) in [6.07, 6.45) is 4.98. The number of carboxylic acids is 1. The van der Waals surface area contributed by atoms with Crippen LogP contribution in [0.1, 0.15) is 25.7 Å². The van der Waals surface area contributed by atoms with Crippen LogP contribution < -0.4 is 4.72 Å². The van der Waals surface area contributed by atoms with E-state index in [2.05, 4.69) is 9.71 Å². The highest BCUT2D eigenvalue weighted by Gasteiger charge is 2.38. The number of rotatable bonds is 8. The Bertz CT molecular complexity index is 952. The summed E-state index contributed by atoms with van der Waals surface area (Å²) in [5, 5.41) is 9.89. The van der Waals surface area contributed by atoms with Crippen LogP contribution >= 0.6 is 0 Å². The van der Waals surface area contributed by atoms with Crippen molar-refractivity contribution >= 4 is 26.9 Å². The summed E-state index contributed by atoms with van der Waals surface area (Å²) in [7, 11) is -3.64. The molecule has 144 valence electrons. The molecule has 2 fully saturated rings. The van der Waals surface area contributed by atoms with Gasteiger partial charge in [0.1, 0.15) is 4.90 Å². The molecule has 2 saturated carbocycles. The van der Waals surface area contributed by atoms with Gasteiger partial charge in [-0.05, 0) is 43.7 Å². The maximum absolute atomic E-state index is 12.7. The van der Waals surface area contributed by atoms with Crippen molar-refractivity contribution in [1.82, 2.24) is 14.6 Å². The molecule has 8 heteroatoms. The second-order valence-electron chi connectivity index (χ2n) is 7.57. The molecule has 7 nitrogen and oxygen atoms in total. The fourth-order valence-electron chi connectivity index (χ4n) is 3.62. The van der Waals surface area contributed by atoms with Gasteiger partial charge in [0.25, 0.3) is 0 Å². The zero-order chi connectivity index (χ0) is 19.0. The third-order valence-electron chi connectivity index (χ3n) is 5.36. The fraction of sp³-hybridized carbons (Fsp3) is 0.474. The van der Waals surface area contributed by atoms with Gasteiger partial charge in [-0.15, -0.1) is 0 Å². The van der Waals surface area contributed by atoms with Crippen molar-refractivity contribution in [2.24, 2.45) is 5.92 Å². The van der Waals surface area contributed by atoms with Crippen LogP contribution in [-0.4, -0.2) is 54.6 Å². The number of sulfonamides is 1. The van der Waals surface area contributed by atoms with Crippen LogP contribution in [0.25, 0.3) is 10.9 Å². The van der Waals surface area contributed by atoms with E-state index >= 15 is 0 Å². The first-order chi connectivity index (χ1) is 12.9. The van der Waals surface area contributed by atoms with Crippen molar-refractivity contribution in [2.75, 3.05) is 13.1 Å². The summed E-state index contributed by atoms with van der Waals surface area (Å²) < 4.78 is 28.1. The molecule has 1 aromatic carbocycles. The average Bonchev–Trinajstić information content (AvgIpc) is 3.40. The van der Waals surface area contributed by atoms with E-state index in [0.717, 1.165) is 30.3 Å². The third kappa shape index (κ3) is 4.28. The molecule has 2 aromatic rings. The normalized spacial score (nSPS) is 22.7. The first-order valence-electron chi connectivity index (χ1n) is 9.24. The largest absolute Gasteiger partial charge is 0.480 e. The number of para-hydroxylation sites is 1. The van der Waals surface area contributed by atoms with Crippen molar-refractivity contribution in [2.45, 2.75) is 42.7 Å². The van der Waals surface area contributed by atoms with Gasteiger partial charge in [0, 0.05) is 30.2 Å². The monoisotopic (exact) mass is 389 g/mol. The van der Waals surface area contributed by atoms with E-state index in [-0.39, 0.29) is 23.5 Å². The molecule has 1 aromatic heterocycles. The maximum atomic E-state index is 12.7. The SMILES string of the molecule is O=C(O)CN(CC1CC1)C1CC(NS(=O)(=O)c2cnc3ccccc3c2)C1. The second-order valence-corrected chi connectivity index (χ2v) is 9.29. The molecule has 0 radical (unpaired) electrons. The minimum absolute atomic E-state index is 0.0230. The fourth-order valence-corrected chi connectivity index (χ4v) is 4.86. The number of aliphatic carboxylic acids is 1. The summed E-state index contributed by atoms with van der Waals surface area (Å²) in [5.41, 5.74) is 0.754. The topological polar surface area (TPSA) is 99.6 Å². The number of hydrogen-bond acceptors (Lipinski definition) is 5. The van der Waals surface area contributed by atoms with E-state index in [9.17, 15) is 13.2 Å². The smallest absolute Gasteiger partial charge is 0.317 e. The van der Waals surface area contributed by atoms with E-state index in [0.29, 0.717) is 18.8 Å². The van der Waals surface area contributed by atoms with Crippen molar-refractivity contribution in [1.29, 1.82) is 0 Å². The van der Waals surface area contributed by atoms with E-state index in [1.54, 1.807) is 6.07 Å². The van der Waals surface area contributed by atoms with Gasteiger partial charge in [-0.25, -0.2) is 13.1 Å². The Morgan fingerprint density at radius 2 is 2.00 bits per heavy atom. The number of benzene rings is 1. The van der Waals surface area contributed by atoms with Crippen LogP contribution in [0.2, 0.25) is 0 Å². The number of aromatic nitrogens is 1. The maximum Gasteiger partial charge on any atom is 0.317 e. The molecule has 4 rings (SSSR count). The molecular weight excluding hydrogens is 366 g/mol. The molecule has 0 saturated heterocycles. The summed E-state index contributed by atoms with van der Waals surface area (Å²) in [5.74, 6) is -0.231. The molecule has 2 aliphatic rings. The molecule has 2 N–H and O–H groups in total. The zero-order valence-electron chi connectivity index (χ0n) is 14.9. The lowest BCUT2D eigenvalue weighted by Gasteiger charge is -2.42. The standard InChI is InChI=1S/C19H23N3O4S/c23-19(24)12-22(11-13-5-6-13)16-8-15(9-16)21-27(25,26)17-7-14-3-1-2-4-18(14)20-10-17/h1-4,7,10,13,15-16,21H,5-6,8-9,11-12H2,(H,23,24). The van der Waals surface area contributed by atoms with Gasteiger partial charge < -0.3 is 5.11 Å². The average molecular weight is 389 g/mol. The van der Waals surface area contributed by atoms with Crippen molar-refractivity contribution in [3.8, 4) is 0 Å². The van der Waals surface area contributed by atoms with Gasteiger partial charge in [0.05, 0.1) is 12.1 Å². The number of pyridine rings is 1. The van der Waals surface area contributed by atoms with Gasteiger partial charge >= 0.3 is 5.97 Å². The molecule has 1 heterocycles. The number of fused-ring (bicyclic) bond motifs is 1. The van der Waals surface area contributed by atoms with Gasteiger partial charge in [0.15, 0.2) is 0 Å². The van der Waals surface area contributed by atoms with Crippen molar-refractivity contribution < 1.29 is 18.3 Å². The summed E-state index contributed by atoms with van der Waals surface area (Å²) in [4.78, 5) is 17.5. The lowest BCUT2D eigenvalue weighted by molar-refractivity contribution is -0.139. The Labute approximate surface area is 158 Å². The molecule has 0 bridgehead atoms. The van der Waals surface area contributed by atoms with Crippen LogP contribution in [0.3, 0.4) is 0 Å².